The number of hydrogen-bond donors (Lipinski definition) is 1. The molecule has 7 heteroatoms. The van der Waals surface area contributed by atoms with Gasteiger partial charge in [-0.3, -0.25) is 4.79 Å². The highest BCUT2D eigenvalue weighted by Gasteiger charge is 2.45. The summed E-state index contributed by atoms with van der Waals surface area (Å²) in [7, 11) is 1.40. The summed E-state index contributed by atoms with van der Waals surface area (Å²) in [6.45, 7) is 0. The Morgan fingerprint density at radius 2 is 2.04 bits per heavy atom. The normalized spacial score (nSPS) is 18.2. The monoisotopic (exact) mass is 386 g/mol. The van der Waals surface area contributed by atoms with Gasteiger partial charge in [-0.05, 0) is 42.2 Å². The van der Waals surface area contributed by atoms with Gasteiger partial charge in [0.2, 0.25) is 5.91 Å². The Balaban J connectivity index is 1.43. The zero-order valence-electron chi connectivity index (χ0n) is 14.4. The molecule has 0 aliphatic heterocycles. The van der Waals surface area contributed by atoms with Crippen molar-refractivity contribution in [3.8, 4) is 17.0 Å². The lowest BCUT2D eigenvalue weighted by Gasteiger charge is -2.04. The molecule has 0 saturated heterocycles. The molecule has 1 aromatic heterocycles. The summed E-state index contributed by atoms with van der Waals surface area (Å²) in [5.41, 5.74) is 1.74. The molecule has 2 unspecified atom stereocenters. The molecule has 1 aliphatic carbocycles. The third-order valence-electron chi connectivity index (χ3n) is 4.61. The van der Waals surface area contributed by atoms with Crippen molar-refractivity contribution in [3.05, 3.63) is 65.0 Å². The van der Waals surface area contributed by atoms with Crippen LogP contribution < -0.4 is 10.1 Å². The number of methoxy groups -OCH3 is 1. The lowest BCUT2D eigenvalue weighted by Crippen LogP contribution is -2.14. The maximum absolute atomic E-state index is 13.9. The van der Waals surface area contributed by atoms with Crippen molar-refractivity contribution in [2.75, 3.05) is 12.4 Å². The number of halogens is 2. The van der Waals surface area contributed by atoms with E-state index in [0.717, 1.165) is 0 Å². The van der Waals surface area contributed by atoms with Gasteiger partial charge in [-0.1, -0.05) is 18.2 Å². The molecule has 138 valence electrons. The molecule has 1 fully saturated rings. The lowest BCUT2D eigenvalue weighted by atomic mass is 10.1. The first-order chi connectivity index (χ1) is 13.1. The van der Waals surface area contributed by atoms with Crippen LogP contribution in [0.3, 0.4) is 0 Å². The molecule has 1 amide bonds. The molecule has 1 heterocycles. The van der Waals surface area contributed by atoms with Gasteiger partial charge in [-0.15, -0.1) is 11.3 Å². The fraction of sp³-hybridized carbons (Fsp3) is 0.200. The fourth-order valence-corrected chi connectivity index (χ4v) is 3.81. The van der Waals surface area contributed by atoms with Gasteiger partial charge in [-0.2, -0.15) is 0 Å². The summed E-state index contributed by atoms with van der Waals surface area (Å²) in [6, 6.07) is 11.1. The Labute approximate surface area is 158 Å². The predicted molar refractivity (Wildman–Crippen MR) is 99.9 cm³/mol. The average molecular weight is 386 g/mol. The Kier molecular flexibility index (Phi) is 4.61. The van der Waals surface area contributed by atoms with E-state index in [-0.39, 0.29) is 29.3 Å². The molecule has 4 nitrogen and oxygen atoms in total. The Morgan fingerprint density at radius 1 is 1.22 bits per heavy atom. The Morgan fingerprint density at radius 3 is 2.78 bits per heavy atom. The fourth-order valence-electron chi connectivity index (χ4n) is 3.09. The Bertz CT molecular complexity index is 1010. The molecule has 0 bridgehead atoms. The maximum Gasteiger partial charge on any atom is 0.229 e. The van der Waals surface area contributed by atoms with Crippen LogP contribution in [-0.4, -0.2) is 18.0 Å². The molecule has 3 aromatic rings. The van der Waals surface area contributed by atoms with Crippen molar-refractivity contribution < 1.29 is 18.3 Å². The first-order valence-electron chi connectivity index (χ1n) is 8.41. The number of thiazole rings is 1. The van der Waals surface area contributed by atoms with Gasteiger partial charge >= 0.3 is 0 Å². The van der Waals surface area contributed by atoms with E-state index in [1.165, 1.54) is 36.6 Å². The van der Waals surface area contributed by atoms with E-state index in [1.54, 1.807) is 29.6 Å². The van der Waals surface area contributed by atoms with E-state index >= 15 is 0 Å². The number of hydrogen-bond acceptors (Lipinski definition) is 4. The summed E-state index contributed by atoms with van der Waals surface area (Å²) < 4.78 is 32.6. The summed E-state index contributed by atoms with van der Waals surface area (Å²) in [5, 5.41) is 4.96. The van der Waals surface area contributed by atoms with Crippen LogP contribution in [0, 0.1) is 17.6 Å². The zero-order chi connectivity index (χ0) is 19.0. The van der Waals surface area contributed by atoms with Crippen LogP contribution in [0.2, 0.25) is 0 Å². The van der Waals surface area contributed by atoms with Crippen molar-refractivity contribution >= 4 is 22.4 Å². The van der Waals surface area contributed by atoms with Crippen LogP contribution in [0.5, 0.6) is 5.75 Å². The molecule has 1 N–H and O–H groups in total. The number of benzene rings is 2. The minimum Gasteiger partial charge on any atom is -0.494 e. The van der Waals surface area contributed by atoms with Crippen LogP contribution >= 0.6 is 11.3 Å². The largest absolute Gasteiger partial charge is 0.494 e. The van der Waals surface area contributed by atoms with Crippen molar-refractivity contribution in [3.63, 3.8) is 0 Å². The van der Waals surface area contributed by atoms with Crippen molar-refractivity contribution in [1.82, 2.24) is 4.98 Å². The standard InChI is InChI=1S/C20H16F2N2O2S/c1-26-18-7-6-11(8-16(18)22)17-10-27-20(23-17)24-19(25)14-9-13(14)12-4-2-3-5-15(12)21/h2-8,10,13-14H,9H2,1H3,(H,23,24,25). The first-order valence-corrected chi connectivity index (χ1v) is 9.29. The SMILES string of the molecule is COc1ccc(-c2csc(NC(=O)C3CC3c3ccccc3F)n2)cc1F. The maximum atomic E-state index is 13.9. The second kappa shape index (κ2) is 7.08. The van der Waals surface area contributed by atoms with Gasteiger partial charge in [0.05, 0.1) is 12.8 Å². The molecular formula is C20H16F2N2O2S. The third-order valence-corrected chi connectivity index (χ3v) is 5.37. The molecule has 4 rings (SSSR count). The number of amides is 1. The number of anilines is 1. The van der Waals surface area contributed by atoms with Crippen LogP contribution in [0.1, 0.15) is 17.9 Å². The van der Waals surface area contributed by atoms with Gasteiger partial charge in [0, 0.05) is 16.9 Å². The second-order valence-electron chi connectivity index (χ2n) is 6.35. The van der Waals surface area contributed by atoms with Crippen LogP contribution in [0.15, 0.2) is 47.8 Å². The third kappa shape index (κ3) is 3.55. The smallest absolute Gasteiger partial charge is 0.229 e. The van der Waals surface area contributed by atoms with E-state index in [0.29, 0.717) is 28.4 Å². The molecule has 1 saturated carbocycles. The number of nitrogens with zero attached hydrogens (tertiary/aromatic N) is 1. The van der Waals surface area contributed by atoms with Crippen LogP contribution in [-0.2, 0) is 4.79 Å². The van der Waals surface area contributed by atoms with Crippen molar-refractivity contribution in [2.45, 2.75) is 12.3 Å². The summed E-state index contributed by atoms with van der Waals surface area (Å²) in [5.74, 6) is -1.12. The number of rotatable bonds is 5. The number of ether oxygens (including phenoxy) is 1. The molecule has 2 aromatic carbocycles. The predicted octanol–water partition coefficient (Wildman–Crippen LogP) is 4.84. The molecule has 0 spiro atoms. The van der Waals surface area contributed by atoms with Crippen LogP contribution in [0.4, 0.5) is 13.9 Å². The highest BCUT2D eigenvalue weighted by molar-refractivity contribution is 7.14. The first kappa shape index (κ1) is 17.6. The molecule has 27 heavy (non-hydrogen) atoms. The number of nitrogens with one attached hydrogen (secondary N) is 1. The van der Waals surface area contributed by atoms with Crippen molar-refractivity contribution in [1.29, 1.82) is 0 Å². The molecular weight excluding hydrogens is 370 g/mol. The summed E-state index contributed by atoms with van der Waals surface area (Å²) in [4.78, 5) is 16.8. The van der Waals surface area contributed by atoms with Gasteiger partial charge < -0.3 is 10.1 Å². The van der Waals surface area contributed by atoms with Gasteiger partial charge in [0.25, 0.3) is 0 Å². The molecule has 2 atom stereocenters. The number of carbonyl (C=O) groups excluding carboxylic acids is 1. The highest BCUT2D eigenvalue weighted by atomic mass is 32.1. The van der Waals surface area contributed by atoms with E-state index in [4.69, 9.17) is 4.74 Å². The minimum atomic E-state index is -0.473. The summed E-state index contributed by atoms with van der Waals surface area (Å²) in [6.07, 6.45) is 0.620. The minimum absolute atomic E-state index is 0.0960. The summed E-state index contributed by atoms with van der Waals surface area (Å²) >= 11 is 1.26. The van der Waals surface area contributed by atoms with E-state index < -0.39 is 5.82 Å². The average Bonchev–Trinajstić information content (AvgIpc) is 3.33. The molecule has 1 aliphatic rings. The van der Waals surface area contributed by atoms with Crippen LogP contribution in [0.25, 0.3) is 11.3 Å². The van der Waals surface area contributed by atoms with Crippen molar-refractivity contribution in [2.24, 2.45) is 5.92 Å². The quantitative estimate of drug-likeness (QED) is 0.683. The Hall–Kier alpha value is -2.80. The van der Waals surface area contributed by atoms with E-state index in [2.05, 4.69) is 10.3 Å². The topological polar surface area (TPSA) is 51.2 Å². The highest BCUT2D eigenvalue weighted by Crippen LogP contribution is 2.48. The van der Waals surface area contributed by atoms with E-state index in [9.17, 15) is 13.6 Å². The van der Waals surface area contributed by atoms with Gasteiger partial charge in [-0.25, -0.2) is 13.8 Å². The second-order valence-corrected chi connectivity index (χ2v) is 7.20. The van der Waals surface area contributed by atoms with Gasteiger partial charge in [0.1, 0.15) is 5.82 Å². The van der Waals surface area contributed by atoms with E-state index in [1.807, 2.05) is 0 Å². The van der Waals surface area contributed by atoms with Gasteiger partial charge in [0.15, 0.2) is 16.7 Å². The molecule has 0 radical (unpaired) electrons. The zero-order valence-corrected chi connectivity index (χ0v) is 15.2. The lowest BCUT2D eigenvalue weighted by molar-refractivity contribution is -0.117. The number of aromatic nitrogens is 1. The number of carbonyl (C=O) groups is 1.